The first-order chi connectivity index (χ1) is 12.3. The van der Waals surface area contributed by atoms with E-state index < -0.39 is 0 Å². The van der Waals surface area contributed by atoms with Crippen LogP contribution in [0.5, 0.6) is 0 Å². The molecule has 0 aliphatic heterocycles. The van der Waals surface area contributed by atoms with Gasteiger partial charge in [-0.25, -0.2) is 4.79 Å². The fraction of sp³-hybridized carbons (Fsp3) is 0.864. The third-order valence-electron chi connectivity index (χ3n) is 4.40. The van der Waals surface area contributed by atoms with Crippen LogP contribution in [0.2, 0.25) is 0 Å². The predicted octanol–water partition coefficient (Wildman–Crippen LogP) is 6.60. The van der Waals surface area contributed by atoms with Crippen molar-refractivity contribution < 1.29 is 14.3 Å². The lowest BCUT2D eigenvalue weighted by Crippen LogP contribution is -2.00. The number of rotatable bonds is 19. The maximum atomic E-state index is 11.1. The van der Waals surface area contributed by atoms with Crippen molar-refractivity contribution in [1.29, 1.82) is 0 Å². The fourth-order valence-electron chi connectivity index (χ4n) is 2.88. The highest BCUT2D eigenvalue weighted by Gasteiger charge is 1.95. The lowest BCUT2D eigenvalue weighted by Gasteiger charge is -2.03. The summed E-state index contributed by atoms with van der Waals surface area (Å²) in [5, 5.41) is 0. The van der Waals surface area contributed by atoms with Crippen LogP contribution in [0, 0.1) is 0 Å². The lowest BCUT2D eigenvalue weighted by molar-refractivity contribution is -0.137. The molecule has 0 unspecified atom stereocenters. The highest BCUT2D eigenvalue weighted by atomic mass is 16.5. The summed E-state index contributed by atoms with van der Waals surface area (Å²) in [4.78, 5) is 11.1. The number of carbonyl (C=O) groups is 1. The van der Waals surface area contributed by atoms with Crippen LogP contribution < -0.4 is 0 Å². The minimum atomic E-state index is -0.289. The third kappa shape index (κ3) is 21.1. The highest BCUT2D eigenvalue weighted by molar-refractivity contribution is 5.81. The summed E-state index contributed by atoms with van der Waals surface area (Å²) in [6.07, 6.45) is 22.4. The van der Waals surface area contributed by atoms with Crippen molar-refractivity contribution in [1.82, 2.24) is 0 Å². The second-order valence-electron chi connectivity index (χ2n) is 6.83. The first-order valence-electron chi connectivity index (χ1n) is 10.7. The zero-order valence-corrected chi connectivity index (χ0v) is 16.9. The third-order valence-corrected chi connectivity index (χ3v) is 4.40. The molecule has 0 N–H and O–H groups in total. The van der Waals surface area contributed by atoms with Crippen molar-refractivity contribution in [2.24, 2.45) is 0 Å². The Balaban J connectivity index is 3.08. The van der Waals surface area contributed by atoms with Gasteiger partial charge in [0, 0.05) is 12.7 Å². The fourth-order valence-corrected chi connectivity index (χ4v) is 2.88. The summed E-state index contributed by atoms with van der Waals surface area (Å²) < 4.78 is 10.3. The average molecular weight is 355 g/mol. The van der Waals surface area contributed by atoms with Crippen LogP contribution in [-0.4, -0.2) is 25.8 Å². The zero-order chi connectivity index (χ0) is 18.4. The van der Waals surface area contributed by atoms with Crippen LogP contribution in [0.25, 0.3) is 0 Å². The molecule has 148 valence electrons. The molecule has 0 heterocycles. The quantitative estimate of drug-likeness (QED) is 0.149. The monoisotopic (exact) mass is 354 g/mol. The highest BCUT2D eigenvalue weighted by Crippen LogP contribution is 2.12. The van der Waals surface area contributed by atoms with E-state index in [1.165, 1.54) is 89.5 Å². The van der Waals surface area contributed by atoms with Gasteiger partial charge in [0.25, 0.3) is 0 Å². The van der Waals surface area contributed by atoms with Gasteiger partial charge in [-0.2, -0.15) is 0 Å². The van der Waals surface area contributed by atoms with Gasteiger partial charge in [-0.1, -0.05) is 96.5 Å². The SMILES string of the molecule is CCCCCCCCCCCCCCCCOC/C=C/C(=O)OCC. The van der Waals surface area contributed by atoms with E-state index in [4.69, 9.17) is 9.47 Å². The van der Waals surface area contributed by atoms with Gasteiger partial charge in [0.15, 0.2) is 0 Å². The maximum Gasteiger partial charge on any atom is 0.330 e. The lowest BCUT2D eigenvalue weighted by atomic mass is 10.0. The zero-order valence-electron chi connectivity index (χ0n) is 16.9. The number of carbonyl (C=O) groups excluding carboxylic acids is 1. The first kappa shape index (κ1) is 24.2. The Labute approximate surface area is 156 Å². The number of unbranched alkanes of at least 4 members (excludes halogenated alkanes) is 13. The molecule has 3 nitrogen and oxygen atoms in total. The molecular formula is C22H42O3. The smallest absolute Gasteiger partial charge is 0.330 e. The number of esters is 1. The van der Waals surface area contributed by atoms with Crippen LogP contribution in [0.15, 0.2) is 12.2 Å². The van der Waals surface area contributed by atoms with Crippen LogP contribution in [0.1, 0.15) is 104 Å². The number of hydrogen-bond acceptors (Lipinski definition) is 3. The van der Waals surface area contributed by atoms with E-state index in [9.17, 15) is 4.79 Å². The summed E-state index contributed by atoms with van der Waals surface area (Å²) >= 11 is 0. The van der Waals surface area contributed by atoms with E-state index in [2.05, 4.69) is 6.92 Å². The van der Waals surface area contributed by atoms with Gasteiger partial charge in [-0.3, -0.25) is 0 Å². The molecule has 0 atom stereocenters. The summed E-state index contributed by atoms with van der Waals surface area (Å²) in [6.45, 7) is 5.78. The van der Waals surface area contributed by atoms with Gasteiger partial charge >= 0.3 is 5.97 Å². The summed E-state index contributed by atoms with van der Waals surface area (Å²) in [6, 6.07) is 0. The van der Waals surface area contributed by atoms with Crippen LogP contribution in [0.4, 0.5) is 0 Å². The molecule has 0 rings (SSSR count). The Morgan fingerprint density at radius 3 is 1.68 bits per heavy atom. The summed E-state index contributed by atoms with van der Waals surface area (Å²) in [7, 11) is 0. The molecule has 0 aliphatic carbocycles. The topological polar surface area (TPSA) is 35.5 Å². The molecule has 0 aliphatic rings. The van der Waals surface area contributed by atoms with Crippen molar-refractivity contribution in [3.63, 3.8) is 0 Å². The van der Waals surface area contributed by atoms with E-state index in [0.717, 1.165) is 13.0 Å². The molecule has 0 saturated heterocycles. The minimum absolute atomic E-state index is 0.289. The largest absolute Gasteiger partial charge is 0.463 e. The van der Waals surface area contributed by atoms with Gasteiger partial charge < -0.3 is 9.47 Å². The second-order valence-corrected chi connectivity index (χ2v) is 6.83. The first-order valence-corrected chi connectivity index (χ1v) is 10.7. The molecule has 0 radical (unpaired) electrons. The van der Waals surface area contributed by atoms with E-state index in [-0.39, 0.29) is 5.97 Å². The van der Waals surface area contributed by atoms with Crippen LogP contribution in [0.3, 0.4) is 0 Å². The molecular weight excluding hydrogens is 312 g/mol. The Hall–Kier alpha value is -0.830. The van der Waals surface area contributed by atoms with Gasteiger partial charge in [-0.05, 0) is 13.3 Å². The van der Waals surface area contributed by atoms with E-state index in [1.807, 2.05) is 0 Å². The van der Waals surface area contributed by atoms with Gasteiger partial charge in [0.05, 0.1) is 13.2 Å². The predicted molar refractivity (Wildman–Crippen MR) is 107 cm³/mol. The molecule has 0 amide bonds. The summed E-state index contributed by atoms with van der Waals surface area (Å²) in [5.41, 5.74) is 0. The Kier molecular flexibility index (Phi) is 20.5. The molecule has 0 aromatic heterocycles. The Morgan fingerprint density at radius 1 is 0.720 bits per heavy atom. The molecule has 0 aromatic rings. The molecule has 0 aromatic carbocycles. The normalized spacial score (nSPS) is 11.3. The molecule has 0 saturated carbocycles. The van der Waals surface area contributed by atoms with Crippen molar-refractivity contribution in [3.05, 3.63) is 12.2 Å². The van der Waals surface area contributed by atoms with Gasteiger partial charge in [0.2, 0.25) is 0 Å². The van der Waals surface area contributed by atoms with Crippen molar-refractivity contribution in [3.8, 4) is 0 Å². The van der Waals surface area contributed by atoms with Gasteiger partial charge in [-0.15, -0.1) is 0 Å². The van der Waals surface area contributed by atoms with Crippen LogP contribution in [-0.2, 0) is 14.3 Å². The van der Waals surface area contributed by atoms with Crippen LogP contribution >= 0.6 is 0 Å². The Morgan fingerprint density at radius 2 is 1.20 bits per heavy atom. The number of hydrogen-bond donors (Lipinski definition) is 0. The van der Waals surface area contributed by atoms with E-state index in [0.29, 0.717) is 13.2 Å². The molecule has 0 bridgehead atoms. The maximum absolute atomic E-state index is 11.1. The average Bonchev–Trinajstić information content (AvgIpc) is 2.61. The minimum Gasteiger partial charge on any atom is -0.463 e. The second kappa shape index (κ2) is 21.2. The van der Waals surface area contributed by atoms with Crippen molar-refractivity contribution in [2.75, 3.05) is 19.8 Å². The van der Waals surface area contributed by atoms with Crippen molar-refractivity contribution >= 4 is 5.97 Å². The summed E-state index contributed by atoms with van der Waals surface area (Å²) in [5.74, 6) is -0.289. The van der Waals surface area contributed by atoms with E-state index in [1.54, 1.807) is 13.0 Å². The van der Waals surface area contributed by atoms with Crippen molar-refractivity contribution in [2.45, 2.75) is 104 Å². The number of ether oxygens (including phenoxy) is 2. The standard InChI is InChI=1S/C22H42O3/c1-3-5-6-7-8-9-10-11-12-13-14-15-16-17-20-24-21-18-19-22(23)25-4-2/h18-19H,3-17,20-21H2,1-2H3/b19-18+. The van der Waals surface area contributed by atoms with E-state index >= 15 is 0 Å². The molecule has 0 spiro atoms. The Bertz CT molecular complexity index is 300. The van der Waals surface area contributed by atoms with Gasteiger partial charge in [0.1, 0.15) is 0 Å². The molecule has 0 fully saturated rings. The molecule has 3 heteroatoms. The molecule has 25 heavy (non-hydrogen) atoms.